The smallest absolute Gasteiger partial charge is 0.265 e. The number of pyridine rings is 1. The van der Waals surface area contributed by atoms with E-state index in [1.807, 2.05) is 13.8 Å². The van der Waals surface area contributed by atoms with Crippen molar-refractivity contribution in [3.8, 4) is 0 Å². The summed E-state index contributed by atoms with van der Waals surface area (Å²) < 4.78 is 26.5. The van der Waals surface area contributed by atoms with Crippen LogP contribution in [0.25, 0.3) is 0 Å². The molecule has 5 nitrogen and oxygen atoms in total. The molecule has 0 bridgehead atoms. The molecule has 2 rings (SSSR count). The fourth-order valence-corrected chi connectivity index (χ4v) is 3.74. The van der Waals surface area contributed by atoms with Crippen LogP contribution in [0, 0.1) is 11.3 Å². The van der Waals surface area contributed by atoms with E-state index in [4.69, 9.17) is 0 Å². The van der Waals surface area contributed by atoms with Gasteiger partial charge in [0.15, 0.2) is 0 Å². The highest BCUT2D eigenvalue weighted by molar-refractivity contribution is 7.90. The second-order valence-corrected chi connectivity index (χ2v) is 7.54. The van der Waals surface area contributed by atoms with Crippen LogP contribution in [0.5, 0.6) is 0 Å². The molecule has 20 heavy (non-hydrogen) atoms. The third-order valence-corrected chi connectivity index (χ3v) is 5.08. The minimum absolute atomic E-state index is 0.0207. The maximum Gasteiger partial charge on any atom is 0.265 e. The molecule has 1 aromatic heterocycles. The van der Waals surface area contributed by atoms with Gasteiger partial charge in [-0.3, -0.25) is 9.78 Å². The first kappa shape index (κ1) is 15.0. The van der Waals surface area contributed by atoms with Crippen LogP contribution in [-0.4, -0.2) is 19.3 Å². The molecule has 0 saturated heterocycles. The summed E-state index contributed by atoms with van der Waals surface area (Å²) in [5, 5.41) is 0. The van der Waals surface area contributed by atoms with Crippen LogP contribution in [-0.2, 0) is 14.8 Å². The number of rotatable bonds is 5. The van der Waals surface area contributed by atoms with Crippen molar-refractivity contribution in [3.63, 3.8) is 0 Å². The molecule has 0 atom stereocenters. The van der Waals surface area contributed by atoms with E-state index in [0.29, 0.717) is 5.92 Å². The maximum absolute atomic E-state index is 12.4. The first-order valence-corrected chi connectivity index (χ1v) is 8.31. The van der Waals surface area contributed by atoms with Crippen molar-refractivity contribution in [3.05, 3.63) is 24.5 Å². The van der Waals surface area contributed by atoms with E-state index >= 15 is 0 Å². The monoisotopic (exact) mass is 296 g/mol. The Labute approximate surface area is 119 Å². The molecule has 1 fully saturated rings. The van der Waals surface area contributed by atoms with Gasteiger partial charge in [-0.1, -0.05) is 20.3 Å². The molecule has 0 spiro atoms. The van der Waals surface area contributed by atoms with Crippen LogP contribution in [0.2, 0.25) is 0 Å². The van der Waals surface area contributed by atoms with E-state index in [0.717, 1.165) is 25.7 Å². The Balaban J connectivity index is 2.15. The molecule has 1 aliphatic carbocycles. The quantitative estimate of drug-likeness (QED) is 0.902. The van der Waals surface area contributed by atoms with Gasteiger partial charge in [0, 0.05) is 12.4 Å². The number of aromatic nitrogens is 1. The molecule has 0 radical (unpaired) electrons. The summed E-state index contributed by atoms with van der Waals surface area (Å²) in [5.74, 6) is -0.0107. The average molecular weight is 296 g/mol. The molecule has 0 unspecified atom stereocenters. The fourth-order valence-electron chi connectivity index (χ4n) is 2.70. The Kier molecular flexibility index (Phi) is 4.13. The Bertz CT molecular complexity index is 578. The summed E-state index contributed by atoms with van der Waals surface area (Å²) in [5.41, 5.74) is -0.510. The lowest BCUT2D eigenvalue weighted by atomic mass is 9.64. The average Bonchev–Trinajstić information content (AvgIpc) is 2.34. The largest absolute Gasteiger partial charge is 0.273 e. The van der Waals surface area contributed by atoms with Crippen LogP contribution >= 0.6 is 0 Å². The van der Waals surface area contributed by atoms with Crippen molar-refractivity contribution in [1.29, 1.82) is 0 Å². The summed E-state index contributed by atoms with van der Waals surface area (Å²) in [6, 6.07) is 2.96. The van der Waals surface area contributed by atoms with Gasteiger partial charge in [0.05, 0.1) is 5.41 Å². The van der Waals surface area contributed by atoms with Crippen LogP contribution in [0.3, 0.4) is 0 Å². The molecule has 0 aromatic carbocycles. The highest BCUT2D eigenvalue weighted by atomic mass is 32.2. The molecule has 1 N–H and O–H groups in total. The van der Waals surface area contributed by atoms with Crippen molar-refractivity contribution < 1.29 is 13.2 Å². The summed E-state index contributed by atoms with van der Waals surface area (Å²) in [6.07, 6.45) is 5.96. The first-order valence-electron chi connectivity index (χ1n) is 6.83. The van der Waals surface area contributed by atoms with Gasteiger partial charge in [0.1, 0.15) is 4.90 Å². The number of nitrogens with zero attached hydrogens (tertiary/aromatic N) is 1. The third-order valence-electron chi connectivity index (χ3n) is 3.76. The van der Waals surface area contributed by atoms with Crippen LogP contribution in [0.15, 0.2) is 29.4 Å². The number of carbonyl (C=O) groups excluding carboxylic acids is 1. The van der Waals surface area contributed by atoms with Crippen LogP contribution in [0.1, 0.15) is 39.5 Å². The van der Waals surface area contributed by atoms with Crippen molar-refractivity contribution in [1.82, 2.24) is 9.71 Å². The zero-order chi connectivity index (χ0) is 14.8. The highest BCUT2D eigenvalue weighted by Gasteiger charge is 2.45. The first-order chi connectivity index (χ1) is 9.36. The Morgan fingerprint density at radius 2 is 2.15 bits per heavy atom. The molecule has 6 heteroatoms. The summed E-state index contributed by atoms with van der Waals surface area (Å²) in [6.45, 7) is 4.09. The molecule has 1 aromatic rings. The molecular weight excluding hydrogens is 276 g/mol. The summed E-state index contributed by atoms with van der Waals surface area (Å²) in [7, 11) is -3.82. The van der Waals surface area contributed by atoms with E-state index in [-0.39, 0.29) is 10.8 Å². The standard InChI is InChI=1S/C14H20N2O3S/c1-11(2)9-14(6-4-7-14)13(17)16-20(18,19)12-5-3-8-15-10-12/h3,5,8,10-11H,4,6-7,9H2,1-2H3,(H,16,17). The van der Waals surface area contributed by atoms with Gasteiger partial charge in [0.2, 0.25) is 5.91 Å². The second kappa shape index (κ2) is 5.52. The van der Waals surface area contributed by atoms with Gasteiger partial charge in [-0.2, -0.15) is 0 Å². The zero-order valence-electron chi connectivity index (χ0n) is 11.8. The lowest BCUT2D eigenvalue weighted by Crippen LogP contribution is -2.48. The Morgan fingerprint density at radius 3 is 2.60 bits per heavy atom. The minimum atomic E-state index is -3.82. The molecule has 0 aliphatic heterocycles. The molecule has 1 amide bonds. The van der Waals surface area contributed by atoms with Gasteiger partial charge >= 0.3 is 0 Å². The van der Waals surface area contributed by atoms with Gasteiger partial charge in [-0.15, -0.1) is 0 Å². The molecule has 1 saturated carbocycles. The van der Waals surface area contributed by atoms with Crippen LogP contribution < -0.4 is 4.72 Å². The number of sulfonamides is 1. The van der Waals surface area contributed by atoms with Gasteiger partial charge in [0.25, 0.3) is 10.0 Å². The Morgan fingerprint density at radius 1 is 1.45 bits per heavy atom. The van der Waals surface area contributed by atoms with Crippen molar-refractivity contribution >= 4 is 15.9 Å². The minimum Gasteiger partial charge on any atom is -0.273 e. The van der Waals surface area contributed by atoms with Crippen molar-refractivity contribution in [2.75, 3.05) is 0 Å². The maximum atomic E-state index is 12.4. The number of hydrogen-bond acceptors (Lipinski definition) is 4. The number of hydrogen-bond donors (Lipinski definition) is 1. The zero-order valence-corrected chi connectivity index (χ0v) is 12.6. The van der Waals surface area contributed by atoms with E-state index in [1.165, 1.54) is 24.5 Å². The van der Waals surface area contributed by atoms with Gasteiger partial charge in [-0.05, 0) is 37.3 Å². The number of nitrogens with one attached hydrogen (secondary N) is 1. The predicted octanol–water partition coefficient (Wildman–Crippen LogP) is 2.10. The molecule has 1 aliphatic rings. The van der Waals surface area contributed by atoms with Crippen LogP contribution in [0.4, 0.5) is 0 Å². The molecule has 1 heterocycles. The van der Waals surface area contributed by atoms with E-state index in [2.05, 4.69) is 9.71 Å². The van der Waals surface area contributed by atoms with Gasteiger partial charge < -0.3 is 0 Å². The number of carbonyl (C=O) groups is 1. The van der Waals surface area contributed by atoms with Crippen molar-refractivity contribution in [2.45, 2.75) is 44.4 Å². The summed E-state index contributed by atoms with van der Waals surface area (Å²) in [4.78, 5) is 16.2. The van der Waals surface area contributed by atoms with E-state index in [9.17, 15) is 13.2 Å². The summed E-state index contributed by atoms with van der Waals surface area (Å²) >= 11 is 0. The lowest BCUT2D eigenvalue weighted by Gasteiger charge is -2.41. The number of amides is 1. The second-order valence-electron chi connectivity index (χ2n) is 5.86. The van der Waals surface area contributed by atoms with E-state index < -0.39 is 15.4 Å². The fraction of sp³-hybridized carbons (Fsp3) is 0.571. The van der Waals surface area contributed by atoms with E-state index in [1.54, 1.807) is 0 Å². The Hall–Kier alpha value is -1.43. The topological polar surface area (TPSA) is 76.1 Å². The molecule has 110 valence electrons. The van der Waals surface area contributed by atoms with Crippen molar-refractivity contribution in [2.24, 2.45) is 11.3 Å². The lowest BCUT2D eigenvalue weighted by molar-refractivity contribution is -0.135. The predicted molar refractivity (Wildman–Crippen MR) is 75.3 cm³/mol. The highest BCUT2D eigenvalue weighted by Crippen LogP contribution is 2.46. The molecular formula is C14H20N2O3S. The SMILES string of the molecule is CC(C)CC1(C(=O)NS(=O)(=O)c2cccnc2)CCC1. The third kappa shape index (κ3) is 3.00. The van der Waals surface area contributed by atoms with Gasteiger partial charge in [-0.25, -0.2) is 13.1 Å². The normalized spacial score (nSPS) is 17.6.